The van der Waals surface area contributed by atoms with Gasteiger partial charge in [0.05, 0.1) is 19.3 Å². The van der Waals surface area contributed by atoms with Crippen molar-refractivity contribution < 1.29 is 15.0 Å². The molecule has 0 aliphatic carbocycles. The molecule has 3 rings (SSSR count). The third-order valence-electron chi connectivity index (χ3n) is 5.08. The van der Waals surface area contributed by atoms with Crippen molar-refractivity contribution in [1.82, 2.24) is 24.4 Å². The smallest absolute Gasteiger partial charge is 0.259 e. The average molecular weight is 361 g/mol. The van der Waals surface area contributed by atoms with Crippen LogP contribution in [0.25, 0.3) is 5.65 Å². The molecule has 8 heteroatoms. The summed E-state index contributed by atoms with van der Waals surface area (Å²) in [5, 5.41) is 24.0. The maximum Gasteiger partial charge on any atom is 0.259 e. The van der Waals surface area contributed by atoms with Crippen LogP contribution in [-0.4, -0.2) is 78.9 Å². The maximum atomic E-state index is 12.9. The SMILES string of the molecule is CCN(CC)Cc1cnc2c(C(=O)N3CCC[C@](O)(CO)C3)cnn2c1. The van der Waals surface area contributed by atoms with Crippen molar-refractivity contribution >= 4 is 11.6 Å². The summed E-state index contributed by atoms with van der Waals surface area (Å²) >= 11 is 0. The molecular weight excluding hydrogens is 334 g/mol. The first-order chi connectivity index (χ1) is 12.5. The zero-order valence-corrected chi connectivity index (χ0v) is 15.4. The molecule has 2 aromatic rings. The van der Waals surface area contributed by atoms with E-state index in [4.69, 9.17) is 0 Å². The van der Waals surface area contributed by atoms with Crippen molar-refractivity contribution in [3.8, 4) is 0 Å². The highest BCUT2D eigenvalue weighted by atomic mass is 16.3. The molecule has 0 bridgehead atoms. The largest absolute Gasteiger partial charge is 0.393 e. The van der Waals surface area contributed by atoms with Crippen LogP contribution in [0.1, 0.15) is 42.6 Å². The van der Waals surface area contributed by atoms with Gasteiger partial charge in [-0.1, -0.05) is 13.8 Å². The highest BCUT2D eigenvalue weighted by molar-refractivity contribution is 5.99. The second kappa shape index (κ2) is 7.69. The molecule has 1 aliphatic heterocycles. The van der Waals surface area contributed by atoms with E-state index in [0.717, 1.165) is 25.2 Å². The summed E-state index contributed by atoms with van der Waals surface area (Å²) in [6.45, 7) is 7.27. The van der Waals surface area contributed by atoms with Gasteiger partial charge in [-0.3, -0.25) is 9.69 Å². The van der Waals surface area contributed by atoms with Gasteiger partial charge in [0, 0.05) is 31.0 Å². The lowest BCUT2D eigenvalue weighted by Crippen LogP contribution is -2.52. The fourth-order valence-electron chi connectivity index (χ4n) is 3.44. The fourth-order valence-corrected chi connectivity index (χ4v) is 3.44. The second-order valence-electron chi connectivity index (χ2n) is 6.96. The molecule has 2 N–H and O–H groups in total. The number of aliphatic hydroxyl groups is 2. The van der Waals surface area contributed by atoms with Crippen molar-refractivity contribution in [2.75, 3.05) is 32.8 Å². The van der Waals surface area contributed by atoms with Gasteiger partial charge in [-0.15, -0.1) is 0 Å². The van der Waals surface area contributed by atoms with Crippen molar-refractivity contribution in [3.05, 3.63) is 29.7 Å². The number of fused-ring (bicyclic) bond motifs is 1. The van der Waals surface area contributed by atoms with E-state index < -0.39 is 5.60 Å². The van der Waals surface area contributed by atoms with Crippen LogP contribution >= 0.6 is 0 Å². The monoisotopic (exact) mass is 361 g/mol. The number of aromatic nitrogens is 3. The Hall–Kier alpha value is -2.03. The molecule has 0 unspecified atom stereocenters. The van der Waals surface area contributed by atoms with Crippen molar-refractivity contribution in [1.29, 1.82) is 0 Å². The summed E-state index contributed by atoms with van der Waals surface area (Å²) in [5.74, 6) is -0.212. The van der Waals surface area contributed by atoms with E-state index in [1.807, 2.05) is 6.20 Å². The first kappa shape index (κ1) is 18.8. The molecule has 3 heterocycles. The van der Waals surface area contributed by atoms with E-state index in [9.17, 15) is 15.0 Å². The van der Waals surface area contributed by atoms with Crippen molar-refractivity contribution in [3.63, 3.8) is 0 Å². The molecular formula is C18H27N5O3. The van der Waals surface area contributed by atoms with Crippen LogP contribution in [0.3, 0.4) is 0 Å². The van der Waals surface area contributed by atoms with Crippen molar-refractivity contribution in [2.24, 2.45) is 0 Å². The predicted octanol–water partition coefficient (Wildman–Crippen LogP) is 0.531. The van der Waals surface area contributed by atoms with E-state index in [1.165, 1.54) is 6.20 Å². The molecule has 1 fully saturated rings. The number of rotatable bonds is 6. The number of aliphatic hydroxyl groups excluding tert-OH is 1. The third kappa shape index (κ3) is 3.72. The lowest BCUT2D eigenvalue weighted by Gasteiger charge is -2.37. The van der Waals surface area contributed by atoms with Gasteiger partial charge in [0.15, 0.2) is 5.65 Å². The molecule has 1 amide bonds. The van der Waals surface area contributed by atoms with Gasteiger partial charge in [-0.25, -0.2) is 9.50 Å². The normalized spacial score (nSPS) is 20.9. The van der Waals surface area contributed by atoms with Crippen LogP contribution in [-0.2, 0) is 6.54 Å². The number of hydrogen-bond donors (Lipinski definition) is 2. The van der Waals surface area contributed by atoms with E-state index in [0.29, 0.717) is 30.6 Å². The molecule has 1 aliphatic rings. The highest BCUT2D eigenvalue weighted by Crippen LogP contribution is 2.23. The minimum Gasteiger partial charge on any atom is -0.393 e. The number of carbonyl (C=O) groups excluding carboxylic acids is 1. The zero-order chi connectivity index (χ0) is 18.7. The van der Waals surface area contributed by atoms with Gasteiger partial charge in [0.2, 0.25) is 0 Å². The van der Waals surface area contributed by atoms with Gasteiger partial charge in [0.1, 0.15) is 11.2 Å². The molecule has 142 valence electrons. The molecule has 8 nitrogen and oxygen atoms in total. The summed E-state index contributed by atoms with van der Waals surface area (Å²) in [4.78, 5) is 21.2. The minimum absolute atomic E-state index is 0.125. The number of β-amino-alcohol motifs (C(OH)–C–C–N with tert-alkyl or cyclic N) is 1. The van der Waals surface area contributed by atoms with Crippen molar-refractivity contribution in [2.45, 2.75) is 38.8 Å². The lowest BCUT2D eigenvalue weighted by molar-refractivity contribution is -0.0598. The van der Waals surface area contributed by atoms with Gasteiger partial charge in [-0.05, 0) is 25.9 Å². The number of carbonyl (C=O) groups is 1. The second-order valence-corrected chi connectivity index (χ2v) is 6.96. The quantitative estimate of drug-likeness (QED) is 0.780. The predicted molar refractivity (Wildman–Crippen MR) is 96.8 cm³/mol. The molecule has 1 saturated heterocycles. The van der Waals surface area contributed by atoms with Crippen LogP contribution in [0.4, 0.5) is 0 Å². The minimum atomic E-state index is -1.22. The molecule has 0 radical (unpaired) electrons. The number of hydrogen-bond acceptors (Lipinski definition) is 6. The van der Waals surface area contributed by atoms with Crippen LogP contribution < -0.4 is 0 Å². The molecule has 26 heavy (non-hydrogen) atoms. The molecule has 0 spiro atoms. The Morgan fingerprint density at radius 2 is 2.12 bits per heavy atom. The van der Waals surface area contributed by atoms with Gasteiger partial charge < -0.3 is 15.1 Å². The van der Waals surface area contributed by atoms with Crippen LogP contribution in [0.2, 0.25) is 0 Å². The Morgan fingerprint density at radius 1 is 1.35 bits per heavy atom. The lowest BCUT2D eigenvalue weighted by atomic mass is 9.93. The molecule has 2 aromatic heterocycles. The maximum absolute atomic E-state index is 12.9. The summed E-state index contributed by atoms with van der Waals surface area (Å²) in [7, 11) is 0. The molecule has 0 saturated carbocycles. The highest BCUT2D eigenvalue weighted by Gasteiger charge is 2.35. The Balaban J connectivity index is 1.81. The fraction of sp³-hybridized carbons (Fsp3) is 0.611. The summed E-state index contributed by atoms with van der Waals surface area (Å²) < 4.78 is 1.63. The standard InChI is InChI=1S/C18H27N5O3/c1-3-21(4-2)10-14-8-19-16-15(9-20-23(16)11-14)17(25)22-7-5-6-18(26,12-22)13-24/h8-9,11,24,26H,3-7,10,12-13H2,1-2H3/t18-/m1/s1. The number of likely N-dealkylation sites (tertiary alicyclic amines) is 1. The Bertz CT molecular complexity index is 773. The molecule has 1 atom stereocenters. The Kier molecular flexibility index (Phi) is 5.55. The van der Waals surface area contributed by atoms with Gasteiger partial charge >= 0.3 is 0 Å². The van der Waals surface area contributed by atoms with E-state index in [2.05, 4.69) is 28.8 Å². The van der Waals surface area contributed by atoms with Gasteiger partial charge in [0.25, 0.3) is 5.91 Å². The summed E-state index contributed by atoms with van der Waals surface area (Å²) in [6, 6.07) is 0. The molecule has 0 aromatic carbocycles. The summed E-state index contributed by atoms with van der Waals surface area (Å²) in [5.41, 5.74) is 0.746. The van der Waals surface area contributed by atoms with E-state index in [-0.39, 0.29) is 19.1 Å². The average Bonchev–Trinajstić information content (AvgIpc) is 3.08. The van der Waals surface area contributed by atoms with E-state index >= 15 is 0 Å². The third-order valence-corrected chi connectivity index (χ3v) is 5.08. The first-order valence-electron chi connectivity index (χ1n) is 9.16. The van der Waals surface area contributed by atoms with Gasteiger partial charge in [-0.2, -0.15) is 5.10 Å². The number of piperidine rings is 1. The van der Waals surface area contributed by atoms with Crippen LogP contribution in [0.15, 0.2) is 18.6 Å². The Labute approximate surface area is 153 Å². The topological polar surface area (TPSA) is 94.2 Å². The first-order valence-corrected chi connectivity index (χ1v) is 9.16. The number of amides is 1. The van der Waals surface area contributed by atoms with Crippen LogP contribution in [0.5, 0.6) is 0 Å². The van der Waals surface area contributed by atoms with E-state index in [1.54, 1.807) is 15.6 Å². The Morgan fingerprint density at radius 3 is 2.81 bits per heavy atom. The summed E-state index contributed by atoms with van der Waals surface area (Å²) in [6.07, 6.45) is 6.36. The zero-order valence-electron chi connectivity index (χ0n) is 15.4. The van der Waals surface area contributed by atoms with Crippen LogP contribution in [0, 0.1) is 0 Å². The number of nitrogens with zero attached hydrogens (tertiary/aromatic N) is 5.